The van der Waals surface area contributed by atoms with Gasteiger partial charge in [0.25, 0.3) is 0 Å². The van der Waals surface area contributed by atoms with Crippen LogP contribution < -0.4 is 5.32 Å². The van der Waals surface area contributed by atoms with E-state index in [0.29, 0.717) is 12.0 Å². The van der Waals surface area contributed by atoms with Crippen LogP contribution in [0.4, 0.5) is 0 Å². The second-order valence-electron chi connectivity index (χ2n) is 4.55. The van der Waals surface area contributed by atoms with Crippen molar-refractivity contribution < 1.29 is 0 Å². The maximum absolute atomic E-state index is 4.29. The van der Waals surface area contributed by atoms with Crippen LogP contribution in [-0.4, -0.2) is 26.8 Å². The third kappa shape index (κ3) is 1.03. The minimum atomic E-state index is 0.597. The lowest BCUT2D eigenvalue weighted by molar-refractivity contribution is 0.474. The van der Waals surface area contributed by atoms with Crippen LogP contribution in [0.1, 0.15) is 36.8 Å². The van der Waals surface area contributed by atoms with E-state index in [9.17, 15) is 0 Å². The van der Waals surface area contributed by atoms with Gasteiger partial charge >= 0.3 is 0 Å². The summed E-state index contributed by atoms with van der Waals surface area (Å²) in [6, 6.07) is 1.39. The molecule has 4 nitrogen and oxygen atoms in total. The average molecular weight is 192 g/mol. The molecule has 0 aliphatic carbocycles. The van der Waals surface area contributed by atoms with Crippen LogP contribution in [0.25, 0.3) is 0 Å². The first-order chi connectivity index (χ1) is 6.75. The third-order valence-corrected chi connectivity index (χ3v) is 3.76. The maximum atomic E-state index is 4.29. The zero-order chi connectivity index (χ0) is 9.71. The van der Waals surface area contributed by atoms with Crippen LogP contribution in [-0.2, 0) is 7.05 Å². The summed E-state index contributed by atoms with van der Waals surface area (Å²) in [6.45, 7) is 2.01. The van der Waals surface area contributed by atoms with Crippen LogP contribution in [0.5, 0.6) is 0 Å². The molecule has 2 aliphatic rings. The van der Waals surface area contributed by atoms with Crippen molar-refractivity contribution in [2.24, 2.45) is 7.05 Å². The van der Waals surface area contributed by atoms with Crippen molar-refractivity contribution in [2.45, 2.75) is 44.2 Å². The van der Waals surface area contributed by atoms with Gasteiger partial charge in [0.05, 0.1) is 0 Å². The zero-order valence-electron chi connectivity index (χ0n) is 8.70. The molecule has 1 aromatic rings. The smallest absolute Gasteiger partial charge is 0.137 e. The normalized spacial score (nSPS) is 35.4. The van der Waals surface area contributed by atoms with Gasteiger partial charge in [0.15, 0.2) is 0 Å². The Morgan fingerprint density at radius 3 is 2.71 bits per heavy atom. The van der Waals surface area contributed by atoms with E-state index in [1.54, 1.807) is 0 Å². The van der Waals surface area contributed by atoms with E-state index in [4.69, 9.17) is 0 Å². The fourth-order valence-corrected chi connectivity index (χ4v) is 2.86. The molecule has 1 N–H and O–H groups in total. The molecule has 76 valence electrons. The second-order valence-corrected chi connectivity index (χ2v) is 4.55. The molecule has 0 saturated carbocycles. The summed E-state index contributed by atoms with van der Waals surface area (Å²) in [5.41, 5.74) is 0. The molecule has 0 aromatic carbocycles. The van der Waals surface area contributed by atoms with Crippen molar-refractivity contribution >= 4 is 0 Å². The average Bonchev–Trinajstić information content (AvgIpc) is 2.84. The molecule has 3 atom stereocenters. The van der Waals surface area contributed by atoms with E-state index in [0.717, 1.165) is 11.9 Å². The zero-order valence-corrected chi connectivity index (χ0v) is 8.70. The summed E-state index contributed by atoms with van der Waals surface area (Å²) in [4.78, 5) is 0. The van der Waals surface area contributed by atoms with Crippen LogP contribution in [0.2, 0.25) is 0 Å². The summed E-state index contributed by atoms with van der Waals surface area (Å²) < 4.78 is 2.13. The van der Waals surface area contributed by atoms with Gasteiger partial charge in [0.1, 0.15) is 11.6 Å². The SMILES string of the molecule is Cc1nnc(C2CC3CCC2N3)n1C. The van der Waals surface area contributed by atoms with Crippen LogP contribution >= 0.6 is 0 Å². The fraction of sp³-hybridized carbons (Fsp3) is 0.800. The predicted molar refractivity (Wildman–Crippen MR) is 53.0 cm³/mol. The highest BCUT2D eigenvalue weighted by molar-refractivity contribution is 5.12. The van der Waals surface area contributed by atoms with Crippen molar-refractivity contribution in [2.75, 3.05) is 0 Å². The highest BCUT2D eigenvalue weighted by Gasteiger charge is 2.41. The lowest BCUT2D eigenvalue weighted by atomic mass is 9.88. The van der Waals surface area contributed by atoms with Gasteiger partial charge in [-0.2, -0.15) is 0 Å². The molecule has 2 fully saturated rings. The predicted octanol–water partition coefficient (Wildman–Crippen LogP) is 0.731. The topological polar surface area (TPSA) is 42.7 Å². The van der Waals surface area contributed by atoms with Crippen LogP contribution in [0.3, 0.4) is 0 Å². The molecule has 1 aromatic heterocycles. The van der Waals surface area contributed by atoms with Gasteiger partial charge in [-0.05, 0) is 26.2 Å². The van der Waals surface area contributed by atoms with E-state index >= 15 is 0 Å². The number of hydrogen-bond donors (Lipinski definition) is 1. The van der Waals surface area contributed by atoms with Gasteiger partial charge < -0.3 is 9.88 Å². The third-order valence-electron chi connectivity index (χ3n) is 3.76. The Labute approximate surface area is 83.7 Å². The fourth-order valence-electron chi connectivity index (χ4n) is 2.86. The summed E-state index contributed by atoms with van der Waals surface area (Å²) in [6.07, 6.45) is 3.90. The Balaban J connectivity index is 1.93. The number of fused-ring (bicyclic) bond motifs is 2. The molecule has 2 bridgehead atoms. The number of hydrogen-bond acceptors (Lipinski definition) is 3. The summed E-state index contributed by atoms with van der Waals surface area (Å²) in [7, 11) is 2.07. The van der Waals surface area contributed by atoms with Crippen molar-refractivity contribution in [1.29, 1.82) is 0 Å². The van der Waals surface area contributed by atoms with Gasteiger partial charge in [-0.15, -0.1) is 10.2 Å². The van der Waals surface area contributed by atoms with Crippen molar-refractivity contribution in [3.05, 3.63) is 11.6 Å². The Hall–Kier alpha value is -0.900. The number of rotatable bonds is 1. The van der Waals surface area contributed by atoms with Gasteiger partial charge in [-0.25, -0.2) is 0 Å². The molecule has 0 spiro atoms. The number of nitrogens with zero attached hydrogens (tertiary/aromatic N) is 3. The monoisotopic (exact) mass is 192 g/mol. The Morgan fingerprint density at radius 2 is 2.21 bits per heavy atom. The molecule has 0 radical (unpaired) electrons. The van der Waals surface area contributed by atoms with E-state index in [1.165, 1.54) is 25.1 Å². The van der Waals surface area contributed by atoms with E-state index in [-0.39, 0.29) is 0 Å². The lowest BCUT2D eigenvalue weighted by Gasteiger charge is -2.18. The van der Waals surface area contributed by atoms with Gasteiger partial charge in [-0.1, -0.05) is 0 Å². The van der Waals surface area contributed by atoms with Crippen LogP contribution in [0, 0.1) is 6.92 Å². The largest absolute Gasteiger partial charge is 0.318 e. The Morgan fingerprint density at radius 1 is 1.36 bits per heavy atom. The van der Waals surface area contributed by atoms with Crippen molar-refractivity contribution in [3.63, 3.8) is 0 Å². The second kappa shape index (κ2) is 2.79. The highest BCUT2D eigenvalue weighted by atomic mass is 15.3. The standard InChI is InChI=1S/C10H16N4/c1-6-12-13-10(14(6)2)8-5-7-3-4-9(8)11-7/h7-9,11H,3-5H2,1-2H3. The lowest BCUT2D eigenvalue weighted by Crippen LogP contribution is -2.23. The first kappa shape index (κ1) is 8.41. The van der Waals surface area contributed by atoms with Gasteiger partial charge in [0.2, 0.25) is 0 Å². The molecular weight excluding hydrogens is 176 g/mol. The molecule has 4 heteroatoms. The molecule has 3 unspecified atom stereocenters. The first-order valence-electron chi connectivity index (χ1n) is 5.37. The quantitative estimate of drug-likeness (QED) is 0.713. The molecule has 0 amide bonds. The molecule has 2 aliphatic heterocycles. The molecule has 3 heterocycles. The molecule has 14 heavy (non-hydrogen) atoms. The van der Waals surface area contributed by atoms with Crippen molar-refractivity contribution in [1.82, 2.24) is 20.1 Å². The first-order valence-corrected chi connectivity index (χ1v) is 5.37. The summed E-state index contributed by atoms with van der Waals surface area (Å²) in [5.74, 6) is 2.78. The number of nitrogens with one attached hydrogen (secondary N) is 1. The van der Waals surface area contributed by atoms with Gasteiger partial charge in [0, 0.05) is 25.0 Å². The van der Waals surface area contributed by atoms with Crippen LogP contribution in [0.15, 0.2) is 0 Å². The maximum Gasteiger partial charge on any atom is 0.137 e. The van der Waals surface area contributed by atoms with E-state index < -0.39 is 0 Å². The highest BCUT2D eigenvalue weighted by Crippen LogP contribution is 2.38. The Kier molecular flexibility index (Phi) is 1.68. The summed E-state index contributed by atoms with van der Waals surface area (Å²) in [5, 5.41) is 12.1. The number of aromatic nitrogens is 3. The number of aryl methyl sites for hydroxylation is 1. The minimum Gasteiger partial charge on any atom is -0.318 e. The minimum absolute atomic E-state index is 0.597. The molecule has 2 saturated heterocycles. The summed E-state index contributed by atoms with van der Waals surface area (Å²) >= 11 is 0. The van der Waals surface area contributed by atoms with E-state index in [2.05, 4.69) is 27.1 Å². The van der Waals surface area contributed by atoms with E-state index in [1.807, 2.05) is 6.92 Å². The van der Waals surface area contributed by atoms with Gasteiger partial charge in [-0.3, -0.25) is 0 Å². The molecular formula is C10H16N4. The van der Waals surface area contributed by atoms with Crippen molar-refractivity contribution in [3.8, 4) is 0 Å². The Bertz CT molecular complexity index is 357. The molecule has 3 rings (SSSR count).